The molecule has 0 radical (unpaired) electrons. The smallest absolute Gasteiger partial charge is 0.342 e. The monoisotopic (exact) mass is 348 g/mol. The van der Waals surface area contributed by atoms with Crippen LogP contribution in [0.2, 0.25) is 0 Å². The van der Waals surface area contributed by atoms with Crippen molar-refractivity contribution in [3.63, 3.8) is 0 Å². The summed E-state index contributed by atoms with van der Waals surface area (Å²) in [5, 5.41) is 5.68. The second-order valence-electron chi connectivity index (χ2n) is 5.87. The summed E-state index contributed by atoms with van der Waals surface area (Å²) in [7, 11) is 0. The summed E-state index contributed by atoms with van der Waals surface area (Å²) in [5.41, 5.74) is 1.05. The van der Waals surface area contributed by atoms with Gasteiger partial charge in [-0.1, -0.05) is 25.3 Å². The maximum Gasteiger partial charge on any atom is 0.342 e. The van der Waals surface area contributed by atoms with E-state index in [1.807, 2.05) is 0 Å². The van der Waals surface area contributed by atoms with Crippen molar-refractivity contribution in [3.8, 4) is 5.69 Å². The van der Waals surface area contributed by atoms with Crippen LogP contribution < -0.4 is 0 Å². The molecule has 1 aromatic carbocycles. The Hall–Kier alpha value is -1.82. The molecule has 24 heavy (non-hydrogen) atoms. The summed E-state index contributed by atoms with van der Waals surface area (Å²) in [5.74, 6) is -0.708. The van der Waals surface area contributed by atoms with Crippen molar-refractivity contribution in [1.82, 2.24) is 9.78 Å². The van der Waals surface area contributed by atoms with E-state index in [2.05, 4.69) is 5.10 Å². The maximum atomic E-state index is 13.5. The number of nitrogens with zero attached hydrogens (tertiary/aromatic N) is 2. The lowest BCUT2D eigenvalue weighted by molar-refractivity contribution is 0.0522. The Labute approximate surface area is 145 Å². The fraction of sp³-hybridized carbons (Fsp3) is 0.444. The highest BCUT2D eigenvalue weighted by molar-refractivity contribution is 7.99. The van der Waals surface area contributed by atoms with E-state index in [1.54, 1.807) is 41.7 Å². The van der Waals surface area contributed by atoms with E-state index in [4.69, 9.17) is 4.74 Å². The van der Waals surface area contributed by atoms with Crippen LogP contribution in [0.3, 0.4) is 0 Å². The normalized spacial score (nSPS) is 15.4. The molecule has 6 heteroatoms. The van der Waals surface area contributed by atoms with Crippen LogP contribution in [0, 0.1) is 5.82 Å². The first-order valence-corrected chi connectivity index (χ1v) is 9.24. The average molecular weight is 348 g/mol. The molecule has 128 valence electrons. The number of benzene rings is 1. The molecule has 0 atom stereocenters. The van der Waals surface area contributed by atoms with E-state index in [1.165, 1.54) is 31.4 Å². The molecule has 0 aliphatic heterocycles. The summed E-state index contributed by atoms with van der Waals surface area (Å²) in [6, 6.07) is 6.18. The van der Waals surface area contributed by atoms with Gasteiger partial charge in [0.15, 0.2) is 0 Å². The minimum Gasteiger partial charge on any atom is -0.462 e. The highest BCUT2D eigenvalue weighted by Gasteiger charge is 2.23. The molecule has 2 aromatic rings. The largest absolute Gasteiger partial charge is 0.462 e. The number of thioether (sulfide) groups is 1. The zero-order valence-corrected chi connectivity index (χ0v) is 14.5. The van der Waals surface area contributed by atoms with Gasteiger partial charge in [-0.15, -0.1) is 11.8 Å². The molecule has 0 N–H and O–H groups in total. The standard InChI is InChI=1S/C18H21FN2O2S/c1-2-23-18(22)16-12-21(14-8-6-7-13(19)11-14)20-17(16)24-15-9-4-3-5-10-15/h6-8,11-12,15H,2-5,9-10H2,1H3. The maximum absolute atomic E-state index is 13.5. The fourth-order valence-electron chi connectivity index (χ4n) is 2.89. The summed E-state index contributed by atoms with van der Waals surface area (Å²) >= 11 is 1.64. The minimum atomic E-state index is -0.376. The number of hydrogen-bond acceptors (Lipinski definition) is 4. The van der Waals surface area contributed by atoms with Crippen LogP contribution in [0.15, 0.2) is 35.5 Å². The SMILES string of the molecule is CCOC(=O)c1cn(-c2cccc(F)c2)nc1SC1CCCCC1. The third-order valence-electron chi connectivity index (χ3n) is 4.08. The predicted molar refractivity (Wildman–Crippen MR) is 92.2 cm³/mol. The van der Waals surface area contributed by atoms with E-state index in [0.29, 0.717) is 28.1 Å². The van der Waals surface area contributed by atoms with Gasteiger partial charge in [-0.3, -0.25) is 0 Å². The first-order chi connectivity index (χ1) is 11.7. The Kier molecular flexibility index (Phi) is 5.56. The molecule has 1 aromatic heterocycles. The third-order valence-corrected chi connectivity index (χ3v) is 5.41. The minimum absolute atomic E-state index is 0.317. The number of aromatic nitrogens is 2. The zero-order chi connectivity index (χ0) is 16.9. The van der Waals surface area contributed by atoms with Crippen LogP contribution in [0.1, 0.15) is 49.4 Å². The van der Waals surface area contributed by atoms with E-state index < -0.39 is 0 Å². The molecule has 1 fully saturated rings. The molecular weight excluding hydrogens is 327 g/mol. The van der Waals surface area contributed by atoms with Crippen molar-refractivity contribution in [2.45, 2.75) is 49.3 Å². The van der Waals surface area contributed by atoms with E-state index >= 15 is 0 Å². The lowest BCUT2D eigenvalue weighted by Crippen LogP contribution is -2.10. The Morgan fingerprint density at radius 3 is 2.88 bits per heavy atom. The first-order valence-electron chi connectivity index (χ1n) is 8.36. The molecule has 1 heterocycles. The van der Waals surface area contributed by atoms with Crippen molar-refractivity contribution < 1.29 is 13.9 Å². The van der Waals surface area contributed by atoms with Gasteiger partial charge in [-0.25, -0.2) is 13.9 Å². The molecule has 0 spiro atoms. The van der Waals surface area contributed by atoms with Gasteiger partial charge in [0.05, 0.1) is 12.3 Å². The van der Waals surface area contributed by atoms with Crippen molar-refractivity contribution in [2.75, 3.05) is 6.61 Å². The quantitative estimate of drug-likeness (QED) is 0.740. The van der Waals surface area contributed by atoms with Crippen molar-refractivity contribution >= 4 is 17.7 Å². The van der Waals surface area contributed by atoms with Gasteiger partial charge in [-0.05, 0) is 38.0 Å². The Balaban J connectivity index is 1.90. The molecule has 1 saturated carbocycles. The topological polar surface area (TPSA) is 44.1 Å². The van der Waals surface area contributed by atoms with Crippen molar-refractivity contribution in [1.29, 1.82) is 0 Å². The van der Waals surface area contributed by atoms with Crippen LogP contribution >= 0.6 is 11.8 Å². The summed E-state index contributed by atoms with van der Waals surface area (Å²) in [4.78, 5) is 12.3. The van der Waals surface area contributed by atoms with E-state index in [-0.39, 0.29) is 11.8 Å². The van der Waals surface area contributed by atoms with Crippen LogP contribution in [-0.4, -0.2) is 27.6 Å². The van der Waals surface area contributed by atoms with Gasteiger partial charge in [0.1, 0.15) is 16.4 Å². The number of carbonyl (C=O) groups is 1. The number of ether oxygens (including phenoxy) is 1. The molecule has 4 nitrogen and oxygen atoms in total. The highest BCUT2D eigenvalue weighted by atomic mass is 32.2. The summed E-state index contributed by atoms with van der Waals surface area (Å²) in [6.45, 7) is 2.10. The molecule has 3 rings (SSSR count). The Bertz CT molecular complexity index is 711. The van der Waals surface area contributed by atoms with Crippen LogP contribution in [-0.2, 0) is 4.74 Å². The van der Waals surface area contributed by atoms with Gasteiger partial charge < -0.3 is 4.74 Å². The fourth-order valence-corrected chi connectivity index (χ4v) is 4.17. The van der Waals surface area contributed by atoms with Gasteiger partial charge in [-0.2, -0.15) is 5.10 Å². The molecule has 0 amide bonds. The lowest BCUT2D eigenvalue weighted by Gasteiger charge is -2.20. The van der Waals surface area contributed by atoms with Gasteiger partial charge >= 0.3 is 5.97 Å². The molecule has 1 aliphatic carbocycles. The zero-order valence-electron chi connectivity index (χ0n) is 13.7. The van der Waals surface area contributed by atoms with Crippen LogP contribution in [0.25, 0.3) is 5.69 Å². The number of rotatable bonds is 5. The van der Waals surface area contributed by atoms with Crippen molar-refractivity contribution in [2.24, 2.45) is 0 Å². The molecule has 0 saturated heterocycles. The molecule has 1 aliphatic rings. The van der Waals surface area contributed by atoms with Gasteiger partial charge in [0.25, 0.3) is 0 Å². The molecular formula is C18H21FN2O2S. The van der Waals surface area contributed by atoms with Crippen molar-refractivity contribution in [3.05, 3.63) is 41.8 Å². The van der Waals surface area contributed by atoms with Crippen LogP contribution in [0.4, 0.5) is 4.39 Å². The number of esters is 1. The third kappa shape index (κ3) is 3.98. The van der Waals surface area contributed by atoms with Crippen LogP contribution in [0.5, 0.6) is 0 Å². The Morgan fingerprint density at radius 1 is 1.38 bits per heavy atom. The Morgan fingerprint density at radius 2 is 2.17 bits per heavy atom. The van der Waals surface area contributed by atoms with Gasteiger partial charge in [0, 0.05) is 11.4 Å². The lowest BCUT2D eigenvalue weighted by atomic mass is 10.0. The molecule has 0 bridgehead atoms. The van der Waals surface area contributed by atoms with Gasteiger partial charge in [0.2, 0.25) is 0 Å². The number of carbonyl (C=O) groups excluding carboxylic acids is 1. The summed E-state index contributed by atoms with van der Waals surface area (Å²) in [6.07, 6.45) is 7.63. The second kappa shape index (κ2) is 7.83. The molecule has 0 unspecified atom stereocenters. The second-order valence-corrected chi connectivity index (χ2v) is 7.16. The number of halogens is 1. The summed E-state index contributed by atoms with van der Waals surface area (Å²) < 4.78 is 20.2. The first kappa shape index (κ1) is 17.0. The highest BCUT2D eigenvalue weighted by Crippen LogP contribution is 2.35. The van der Waals surface area contributed by atoms with E-state index in [0.717, 1.165) is 12.8 Å². The number of hydrogen-bond donors (Lipinski definition) is 0. The average Bonchev–Trinajstić information content (AvgIpc) is 3.00. The predicted octanol–water partition coefficient (Wildman–Crippen LogP) is 4.61. The van der Waals surface area contributed by atoms with E-state index in [9.17, 15) is 9.18 Å².